The Morgan fingerprint density at radius 3 is 2.68 bits per heavy atom. The molecule has 2 amide bonds. The summed E-state index contributed by atoms with van der Waals surface area (Å²) in [7, 11) is 1.32. The van der Waals surface area contributed by atoms with Gasteiger partial charge in [-0.3, -0.25) is 4.79 Å². The maximum absolute atomic E-state index is 11.9. The number of nitrogens with one attached hydrogen (secondary N) is 1. The van der Waals surface area contributed by atoms with E-state index in [0.29, 0.717) is 25.8 Å². The lowest BCUT2D eigenvalue weighted by Crippen LogP contribution is -2.51. The highest BCUT2D eigenvalue weighted by atomic mass is 16.5. The van der Waals surface area contributed by atoms with E-state index in [9.17, 15) is 14.4 Å². The summed E-state index contributed by atoms with van der Waals surface area (Å²) in [5, 5.41) is 11.3. The van der Waals surface area contributed by atoms with Gasteiger partial charge in [-0.1, -0.05) is 6.92 Å². The largest absolute Gasteiger partial charge is 0.480 e. The lowest BCUT2D eigenvalue weighted by atomic mass is 9.98. The lowest BCUT2D eigenvalue weighted by Gasteiger charge is -2.32. The molecule has 19 heavy (non-hydrogen) atoms. The number of likely N-dealkylation sites (tertiary alicyclic amines) is 1. The molecule has 0 radical (unpaired) electrons. The fourth-order valence-electron chi connectivity index (χ4n) is 2.10. The first-order chi connectivity index (χ1) is 8.99. The van der Waals surface area contributed by atoms with Gasteiger partial charge in [0.05, 0.1) is 13.0 Å². The van der Waals surface area contributed by atoms with Crippen LogP contribution >= 0.6 is 0 Å². The van der Waals surface area contributed by atoms with E-state index in [1.165, 1.54) is 12.0 Å². The third-order valence-corrected chi connectivity index (χ3v) is 3.25. The normalized spacial score (nSPS) is 20.5. The van der Waals surface area contributed by atoms with E-state index in [2.05, 4.69) is 10.1 Å². The van der Waals surface area contributed by atoms with Crippen LogP contribution in [-0.2, 0) is 14.3 Å². The average molecular weight is 272 g/mol. The van der Waals surface area contributed by atoms with Crippen LogP contribution < -0.4 is 5.32 Å². The molecule has 1 fully saturated rings. The summed E-state index contributed by atoms with van der Waals surface area (Å²) in [6, 6.07) is -1.34. The van der Waals surface area contributed by atoms with Gasteiger partial charge in [0.1, 0.15) is 6.04 Å². The number of urea groups is 1. The van der Waals surface area contributed by atoms with Gasteiger partial charge in [-0.15, -0.1) is 0 Å². The fraction of sp³-hybridized carbons (Fsp3) is 0.750. The molecule has 0 aliphatic carbocycles. The number of carbonyl (C=O) groups is 3. The summed E-state index contributed by atoms with van der Waals surface area (Å²) < 4.78 is 4.67. The topological polar surface area (TPSA) is 95.9 Å². The summed E-state index contributed by atoms with van der Waals surface area (Å²) in [6.07, 6.45) is 1.71. The first kappa shape index (κ1) is 15.3. The monoisotopic (exact) mass is 272 g/mol. The second-order valence-electron chi connectivity index (χ2n) is 4.56. The highest BCUT2D eigenvalue weighted by Crippen LogP contribution is 2.17. The zero-order chi connectivity index (χ0) is 14.4. The van der Waals surface area contributed by atoms with Crippen molar-refractivity contribution in [2.45, 2.75) is 32.2 Å². The van der Waals surface area contributed by atoms with Crippen molar-refractivity contribution in [3.63, 3.8) is 0 Å². The van der Waals surface area contributed by atoms with Gasteiger partial charge < -0.3 is 20.1 Å². The fourth-order valence-corrected chi connectivity index (χ4v) is 2.10. The third kappa shape index (κ3) is 4.11. The minimum absolute atomic E-state index is 0.272. The molecule has 7 nitrogen and oxygen atoms in total. The van der Waals surface area contributed by atoms with Crippen molar-refractivity contribution in [1.82, 2.24) is 10.2 Å². The first-order valence-corrected chi connectivity index (χ1v) is 6.35. The number of ether oxygens (including phenoxy) is 1. The minimum Gasteiger partial charge on any atom is -0.480 e. The summed E-state index contributed by atoms with van der Waals surface area (Å²) in [5.41, 5.74) is 0. The maximum atomic E-state index is 11.9. The minimum atomic E-state index is -1.06. The highest BCUT2D eigenvalue weighted by Gasteiger charge is 2.30. The molecule has 0 aromatic carbocycles. The Balaban J connectivity index is 2.57. The van der Waals surface area contributed by atoms with Gasteiger partial charge in [0.15, 0.2) is 0 Å². The Bertz CT molecular complexity index is 358. The molecule has 0 saturated carbocycles. The van der Waals surface area contributed by atoms with Crippen LogP contribution in [0.1, 0.15) is 26.2 Å². The van der Waals surface area contributed by atoms with Crippen LogP contribution in [0.2, 0.25) is 0 Å². The summed E-state index contributed by atoms with van der Waals surface area (Å²) in [4.78, 5) is 35.7. The van der Waals surface area contributed by atoms with Crippen LogP contribution in [-0.4, -0.2) is 54.2 Å². The van der Waals surface area contributed by atoms with Crippen molar-refractivity contribution in [2.75, 3.05) is 20.2 Å². The molecule has 0 spiro atoms. The molecule has 0 aromatic rings. The second-order valence-corrected chi connectivity index (χ2v) is 4.56. The predicted octanol–water partition coefficient (Wildman–Crippen LogP) is 0.444. The molecule has 1 heterocycles. The molecule has 2 N–H and O–H groups in total. The van der Waals surface area contributed by atoms with Gasteiger partial charge in [0, 0.05) is 13.1 Å². The molecular formula is C12H20N2O5. The number of methoxy groups -OCH3 is 1. The van der Waals surface area contributed by atoms with Gasteiger partial charge in [0.25, 0.3) is 0 Å². The van der Waals surface area contributed by atoms with Crippen LogP contribution in [0.4, 0.5) is 4.79 Å². The Morgan fingerprint density at radius 1 is 1.47 bits per heavy atom. The summed E-state index contributed by atoms with van der Waals surface area (Å²) in [6.45, 7) is 2.48. The first-order valence-electron chi connectivity index (χ1n) is 6.35. The molecule has 2 unspecified atom stereocenters. The summed E-state index contributed by atoms with van der Waals surface area (Å²) in [5.74, 6) is -1.71. The van der Waals surface area contributed by atoms with Crippen molar-refractivity contribution >= 4 is 18.0 Å². The van der Waals surface area contributed by atoms with Gasteiger partial charge in [-0.2, -0.15) is 0 Å². The van der Waals surface area contributed by atoms with E-state index < -0.39 is 18.0 Å². The van der Waals surface area contributed by atoms with E-state index in [0.717, 1.165) is 0 Å². The molecule has 1 rings (SSSR count). The molecule has 0 bridgehead atoms. The van der Waals surface area contributed by atoms with E-state index in [-0.39, 0.29) is 18.4 Å². The standard InChI is InChI=1S/C12H20N2O5/c1-3-9(10(15)16)13-12(18)14-6-4-5-8(7-14)11(17)19-2/h8-9H,3-7H2,1-2H3,(H,13,18)(H,15,16). The Kier molecular flexibility index (Phi) is 5.59. The zero-order valence-corrected chi connectivity index (χ0v) is 11.2. The number of carbonyl (C=O) groups excluding carboxylic acids is 2. The molecule has 1 saturated heterocycles. The Hall–Kier alpha value is -1.79. The van der Waals surface area contributed by atoms with Gasteiger partial charge in [-0.05, 0) is 19.3 Å². The van der Waals surface area contributed by atoms with Crippen molar-refractivity contribution in [2.24, 2.45) is 5.92 Å². The van der Waals surface area contributed by atoms with Crippen molar-refractivity contribution < 1.29 is 24.2 Å². The number of amides is 2. The van der Waals surface area contributed by atoms with Crippen molar-refractivity contribution in [1.29, 1.82) is 0 Å². The number of rotatable bonds is 4. The number of hydrogen-bond acceptors (Lipinski definition) is 4. The van der Waals surface area contributed by atoms with E-state index >= 15 is 0 Å². The molecule has 2 atom stereocenters. The van der Waals surface area contributed by atoms with Gasteiger partial charge in [0.2, 0.25) is 0 Å². The van der Waals surface area contributed by atoms with Crippen molar-refractivity contribution in [3.05, 3.63) is 0 Å². The quantitative estimate of drug-likeness (QED) is 0.724. The second kappa shape index (κ2) is 6.96. The van der Waals surface area contributed by atoms with Crippen molar-refractivity contribution in [3.8, 4) is 0 Å². The number of hydrogen-bond donors (Lipinski definition) is 2. The zero-order valence-electron chi connectivity index (χ0n) is 11.2. The molecule has 7 heteroatoms. The van der Waals surface area contributed by atoms with Gasteiger partial charge in [-0.25, -0.2) is 9.59 Å². The number of piperidine rings is 1. The predicted molar refractivity (Wildman–Crippen MR) is 66.6 cm³/mol. The number of carboxylic acids is 1. The van der Waals surface area contributed by atoms with E-state index in [1.54, 1.807) is 6.92 Å². The van der Waals surface area contributed by atoms with Crippen LogP contribution in [0.25, 0.3) is 0 Å². The molecular weight excluding hydrogens is 252 g/mol. The third-order valence-electron chi connectivity index (χ3n) is 3.25. The van der Waals surface area contributed by atoms with E-state index in [4.69, 9.17) is 5.11 Å². The number of aliphatic carboxylic acids is 1. The highest BCUT2D eigenvalue weighted by molar-refractivity contribution is 5.83. The number of nitrogens with zero attached hydrogens (tertiary/aromatic N) is 1. The number of esters is 1. The van der Waals surface area contributed by atoms with Gasteiger partial charge >= 0.3 is 18.0 Å². The maximum Gasteiger partial charge on any atom is 0.326 e. The lowest BCUT2D eigenvalue weighted by molar-refractivity contribution is -0.147. The Morgan fingerprint density at radius 2 is 2.16 bits per heavy atom. The SMILES string of the molecule is CCC(NC(=O)N1CCCC(C(=O)OC)C1)C(=O)O. The molecule has 108 valence electrons. The van der Waals surface area contributed by atoms with Crippen LogP contribution in [0.15, 0.2) is 0 Å². The van der Waals surface area contributed by atoms with Crippen LogP contribution in [0, 0.1) is 5.92 Å². The Labute approximate surface area is 111 Å². The molecule has 1 aliphatic rings. The van der Waals surface area contributed by atoms with E-state index in [1.807, 2.05) is 0 Å². The molecule has 1 aliphatic heterocycles. The smallest absolute Gasteiger partial charge is 0.326 e. The van der Waals surface area contributed by atoms with Crippen LogP contribution in [0.3, 0.4) is 0 Å². The molecule has 0 aromatic heterocycles. The average Bonchev–Trinajstić information content (AvgIpc) is 2.43. The summed E-state index contributed by atoms with van der Waals surface area (Å²) >= 11 is 0. The van der Waals surface area contributed by atoms with Crippen LogP contribution in [0.5, 0.6) is 0 Å². The number of carboxylic acid groups (broad SMARTS) is 1.